The van der Waals surface area contributed by atoms with E-state index in [0.717, 1.165) is 55.7 Å². The summed E-state index contributed by atoms with van der Waals surface area (Å²) in [4.78, 5) is 24.4. The van der Waals surface area contributed by atoms with Gasteiger partial charge in [0.05, 0.1) is 5.56 Å². The minimum Gasteiger partial charge on any atom is -0.356 e. The number of piperidine rings is 1. The summed E-state index contributed by atoms with van der Waals surface area (Å²) in [5.74, 6) is 2.17. The van der Waals surface area contributed by atoms with E-state index in [1.54, 1.807) is 6.20 Å². The number of carbonyl (C=O) groups excluding carboxylic acids is 1. The van der Waals surface area contributed by atoms with Crippen LogP contribution in [0.2, 0.25) is 0 Å². The van der Waals surface area contributed by atoms with Gasteiger partial charge in [0, 0.05) is 36.8 Å². The zero-order chi connectivity index (χ0) is 23.3. The molecular weight excluding hydrogens is 426 g/mol. The summed E-state index contributed by atoms with van der Waals surface area (Å²) in [5, 5.41) is 7.53. The van der Waals surface area contributed by atoms with Crippen molar-refractivity contribution in [3.63, 3.8) is 0 Å². The summed E-state index contributed by atoms with van der Waals surface area (Å²) in [5.41, 5.74) is 2.94. The minimum absolute atomic E-state index is 0.0724. The Kier molecular flexibility index (Phi) is 6.88. The zero-order valence-electron chi connectivity index (χ0n) is 19.9. The number of nitrogens with one attached hydrogen (secondary N) is 1. The van der Waals surface area contributed by atoms with E-state index in [-0.39, 0.29) is 11.8 Å². The lowest BCUT2D eigenvalue weighted by Gasteiger charge is -2.33. The molecule has 0 radical (unpaired) electrons. The first-order valence-corrected chi connectivity index (χ1v) is 12.6. The number of aromatic nitrogens is 3. The van der Waals surface area contributed by atoms with Gasteiger partial charge in [0.2, 0.25) is 11.7 Å². The van der Waals surface area contributed by atoms with E-state index >= 15 is 0 Å². The summed E-state index contributed by atoms with van der Waals surface area (Å²) in [6.45, 7) is 3.62. The number of pyridine rings is 1. The van der Waals surface area contributed by atoms with Crippen molar-refractivity contribution in [2.24, 2.45) is 5.92 Å². The monoisotopic (exact) mass is 459 g/mol. The molecule has 2 aromatic heterocycles. The number of rotatable bonds is 5. The van der Waals surface area contributed by atoms with Crippen LogP contribution in [0.15, 0.2) is 47.1 Å². The molecular formula is C27H33N5O2. The van der Waals surface area contributed by atoms with Crippen molar-refractivity contribution < 1.29 is 9.32 Å². The van der Waals surface area contributed by atoms with Gasteiger partial charge in [-0.2, -0.15) is 4.98 Å². The molecule has 34 heavy (non-hydrogen) atoms. The van der Waals surface area contributed by atoms with Gasteiger partial charge in [-0.1, -0.05) is 60.7 Å². The maximum atomic E-state index is 12.9. The second-order valence-corrected chi connectivity index (χ2v) is 9.62. The van der Waals surface area contributed by atoms with Crippen molar-refractivity contribution in [3.8, 4) is 22.8 Å². The van der Waals surface area contributed by atoms with E-state index in [4.69, 9.17) is 4.52 Å². The first kappa shape index (κ1) is 22.6. The Balaban J connectivity index is 1.25. The van der Waals surface area contributed by atoms with E-state index in [2.05, 4.69) is 32.3 Å². The number of hydrogen-bond donors (Lipinski definition) is 1. The predicted molar refractivity (Wildman–Crippen MR) is 132 cm³/mol. The zero-order valence-corrected chi connectivity index (χ0v) is 19.9. The highest BCUT2D eigenvalue weighted by Crippen LogP contribution is 2.32. The van der Waals surface area contributed by atoms with Crippen molar-refractivity contribution in [3.05, 3.63) is 48.2 Å². The first-order chi connectivity index (χ1) is 16.7. The van der Waals surface area contributed by atoms with Crippen LogP contribution in [-0.4, -0.2) is 40.2 Å². The maximum Gasteiger partial charge on any atom is 0.261 e. The van der Waals surface area contributed by atoms with Gasteiger partial charge >= 0.3 is 0 Å². The van der Waals surface area contributed by atoms with Gasteiger partial charge in [-0.15, -0.1) is 0 Å². The number of amides is 1. The summed E-state index contributed by atoms with van der Waals surface area (Å²) >= 11 is 0. The summed E-state index contributed by atoms with van der Waals surface area (Å²) in [7, 11) is 0. The Morgan fingerprint density at radius 3 is 2.47 bits per heavy atom. The van der Waals surface area contributed by atoms with Gasteiger partial charge in [0.25, 0.3) is 5.89 Å². The number of hydrogen-bond acceptors (Lipinski definition) is 6. The lowest BCUT2D eigenvalue weighted by Crippen LogP contribution is -2.44. The fourth-order valence-electron chi connectivity index (χ4n) is 5.06. The van der Waals surface area contributed by atoms with Crippen molar-refractivity contribution in [1.82, 2.24) is 20.4 Å². The number of anilines is 1. The molecule has 7 heteroatoms. The van der Waals surface area contributed by atoms with Crippen LogP contribution in [0.1, 0.15) is 56.9 Å². The van der Waals surface area contributed by atoms with Crippen LogP contribution in [0.3, 0.4) is 0 Å². The van der Waals surface area contributed by atoms with Gasteiger partial charge in [-0.05, 0) is 44.7 Å². The highest BCUT2D eigenvalue weighted by Gasteiger charge is 2.29. The molecule has 1 amide bonds. The molecule has 0 atom stereocenters. The molecule has 5 rings (SSSR count). The fourth-order valence-corrected chi connectivity index (χ4v) is 5.06. The molecule has 2 aliphatic rings. The smallest absolute Gasteiger partial charge is 0.261 e. The average Bonchev–Trinajstić information content (AvgIpc) is 3.22. The lowest BCUT2D eigenvalue weighted by atomic mass is 9.94. The Hall–Kier alpha value is -3.22. The number of benzene rings is 1. The molecule has 0 spiro atoms. The minimum atomic E-state index is 0.0724. The maximum absolute atomic E-state index is 12.9. The van der Waals surface area contributed by atoms with E-state index in [0.29, 0.717) is 17.8 Å². The summed E-state index contributed by atoms with van der Waals surface area (Å²) in [6, 6.07) is 12.3. The van der Waals surface area contributed by atoms with E-state index in [1.165, 1.54) is 31.2 Å². The van der Waals surface area contributed by atoms with Crippen molar-refractivity contribution >= 4 is 11.7 Å². The van der Waals surface area contributed by atoms with Crippen LogP contribution in [0.25, 0.3) is 22.8 Å². The molecule has 1 saturated carbocycles. The molecule has 1 aromatic carbocycles. The number of nitrogens with zero attached hydrogens (tertiary/aromatic N) is 4. The second kappa shape index (κ2) is 10.4. The topological polar surface area (TPSA) is 84.2 Å². The number of aryl methyl sites for hydroxylation is 1. The third-order valence-electron chi connectivity index (χ3n) is 7.12. The van der Waals surface area contributed by atoms with E-state index < -0.39 is 0 Å². The highest BCUT2D eigenvalue weighted by molar-refractivity contribution is 5.79. The molecule has 1 N–H and O–H groups in total. The van der Waals surface area contributed by atoms with Crippen LogP contribution in [-0.2, 0) is 4.79 Å². The Morgan fingerprint density at radius 1 is 1.00 bits per heavy atom. The van der Waals surface area contributed by atoms with Crippen molar-refractivity contribution in [1.29, 1.82) is 0 Å². The third-order valence-corrected chi connectivity index (χ3v) is 7.12. The van der Waals surface area contributed by atoms with Crippen molar-refractivity contribution in [2.45, 2.75) is 64.3 Å². The van der Waals surface area contributed by atoms with Crippen LogP contribution in [0, 0.1) is 12.8 Å². The van der Waals surface area contributed by atoms with Gasteiger partial charge in [-0.3, -0.25) is 4.79 Å². The predicted octanol–water partition coefficient (Wildman–Crippen LogP) is 5.16. The number of carbonyl (C=O) groups is 1. The Morgan fingerprint density at radius 2 is 1.74 bits per heavy atom. The molecule has 3 heterocycles. The highest BCUT2D eigenvalue weighted by atomic mass is 16.5. The van der Waals surface area contributed by atoms with E-state index in [1.807, 2.05) is 36.4 Å². The molecule has 178 valence electrons. The lowest BCUT2D eigenvalue weighted by molar-refractivity contribution is -0.126. The molecule has 0 unspecified atom stereocenters. The molecule has 1 aliphatic carbocycles. The molecule has 1 aliphatic heterocycles. The van der Waals surface area contributed by atoms with E-state index in [9.17, 15) is 4.79 Å². The Labute approximate surface area is 201 Å². The fraction of sp³-hybridized carbons (Fsp3) is 0.481. The molecule has 3 aromatic rings. The van der Waals surface area contributed by atoms with Crippen LogP contribution < -0.4 is 10.2 Å². The Bertz CT molecular complexity index is 1090. The third kappa shape index (κ3) is 5.13. The van der Waals surface area contributed by atoms with Crippen LogP contribution >= 0.6 is 0 Å². The normalized spacial score (nSPS) is 18.0. The second-order valence-electron chi connectivity index (χ2n) is 9.62. The summed E-state index contributed by atoms with van der Waals surface area (Å²) in [6.07, 6.45) is 10.7. The van der Waals surface area contributed by atoms with Crippen LogP contribution in [0.4, 0.5) is 5.82 Å². The first-order valence-electron chi connectivity index (χ1n) is 12.6. The van der Waals surface area contributed by atoms with Gasteiger partial charge in [0.1, 0.15) is 5.82 Å². The van der Waals surface area contributed by atoms with Crippen LogP contribution in [0.5, 0.6) is 0 Å². The van der Waals surface area contributed by atoms with Gasteiger partial charge in [-0.25, -0.2) is 4.98 Å². The van der Waals surface area contributed by atoms with Gasteiger partial charge < -0.3 is 14.7 Å². The summed E-state index contributed by atoms with van der Waals surface area (Å²) < 4.78 is 5.63. The van der Waals surface area contributed by atoms with Crippen molar-refractivity contribution in [2.75, 3.05) is 18.0 Å². The molecule has 1 saturated heterocycles. The standard InChI is InChI=1S/C27H33N5O2/c1-19-10-12-20(13-11-19)24-30-27(34-31-24)23-9-6-16-28-25(23)32-17-14-21(15-18-32)26(33)29-22-7-4-2-3-5-8-22/h6,9-13,16,21-22H,2-5,7-8,14-15,17-18H2,1H3,(H,29,33). The molecule has 0 bridgehead atoms. The average molecular weight is 460 g/mol. The largest absolute Gasteiger partial charge is 0.356 e. The molecule has 7 nitrogen and oxygen atoms in total. The molecule has 2 fully saturated rings. The SMILES string of the molecule is Cc1ccc(-c2noc(-c3cccnc3N3CCC(C(=O)NC4CCCCCC4)CC3)n2)cc1. The van der Waals surface area contributed by atoms with Gasteiger partial charge in [0.15, 0.2) is 0 Å². The quantitative estimate of drug-likeness (QED) is 0.531.